The predicted octanol–water partition coefficient (Wildman–Crippen LogP) is 6.36. The first-order valence-electron chi connectivity index (χ1n) is 12.6. The third-order valence-electron chi connectivity index (χ3n) is 6.23. The maximum Gasteiger partial charge on any atom is 0.300 e. The number of hydrogen-bond acceptors (Lipinski definition) is 5. The van der Waals surface area contributed by atoms with Crippen molar-refractivity contribution in [2.75, 3.05) is 18.1 Å². The van der Waals surface area contributed by atoms with Crippen molar-refractivity contribution < 1.29 is 24.2 Å². The molecule has 1 fully saturated rings. The van der Waals surface area contributed by atoms with E-state index in [0.29, 0.717) is 47.4 Å². The Labute approximate surface area is 218 Å². The van der Waals surface area contributed by atoms with Gasteiger partial charge in [-0.05, 0) is 85.8 Å². The molecule has 3 aromatic rings. The summed E-state index contributed by atoms with van der Waals surface area (Å²) >= 11 is 0. The van der Waals surface area contributed by atoms with E-state index in [9.17, 15) is 14.7 Å². The molecule has 6 heteroatoms. The molecular weight excluding hydrogens is 466 g/mol. The largest absolute Gasteiger partial charge is 0.507 e. The fraction of sp³-hybridized carbons (Fsp3) is 0.290. The van der Waals surface area contributed by atoms with Crippen LogP contribution in [0.25, 0.3) is 5.76 Å². The van der Waals surface area contributed by atoms with Crippen molar-refractivity contribution in [3.05, 3.63) is 94.6 Å². The molecule has 1 atom stereocenters. The third kappa shape index (κ3) is 5.38. The molecule has 192 valence electrons. The van der Waals surface area contributed by atoms with Crippen molar-refractivity contribution in [1.29, 1.82) is 0 Å². The number of amides is 1. The van der Waals surface area contributed by atoms with Gasteiger partial charge < -0.3 is 14.6 Å². The Bertz CT molecular complexity index is 1360. The van der Waals surface area contributed by atoms with E-state index in [4.69, 9.17) is 9.47 Å². The highest BCUT2D eigenvalue weighted by Gasteiger charge is 2.47. The summed E-state index contributed by atoms with van der Waals surface area (Å²) in [4.78, 5) is 28.4. The minimum absolute atomic E-state index is 0.0380. The number of nitrogens with zero attached hydrogens (tertiary/aromatic N) is 1. The van der Waals surface area contributed by atoms with Crippen LogP contribution in [0, 0.1) is 19.8 Å². The van der Waals surface area contributed by atoms with Gasteiger partial charge in [0.25, 0.3) is 11.7 Å². The molecule has 1 heterocycles. The summed E-state index contributed by atoms with van der Waals surface area (Å²) in [6.45, 7) is 10.9. The van der Waals surface area contributed by atoms with E-state index in [-0.39, 0.29) is 11.3 Å². The molecule has 1 aliphatic heterocycles. The van der Waals surface area contributed by atoms with Crippen LogP contribution in [-0.4, -0.2) is 30.0 Å². The average molecular weight is 500 g/mol. The van der Waals surface area contributed by atoms with Crippen molar-refractivity contribution >= 4 is 23.1 Å². The number of aliphatic hydroxyl groups excluding tert-OH is 1. The van der Waals surface area contributed by atoms with Gasteiger partial charge in [-0.3, -0.25) is 14.5 Å². The first-order valence-corrected chi connectivity index (χ1v) is 12.6. The summed E-state index contributed by atoms with van der Waals surface area (Å²) < 4.78 is 11.6. The Morgan fingerprint density at radius 3 is 2.41 bits per heavy atom. The molecule has 0 radical (unpaired) electrons. The van der Waals surface area contributed by atoms with E-state index >= 15 is 0 Å². The predicted molar refractivity (Wildman–Crippen MR) is 145 cm³/mol. The summed E-state index contributed by atoms with van der Waals surface area (Å²) in [5.74, 6) is 0.0313. The quantitative estimate of drug-likeness (QED) is 0.222. The van der Waals surface area contributed by atoms with Gasteiger partial charge in [0.2, 0.25) is 0 Å². The lowest BCUT2D eigenvalue weighted by Crippen LogP contribution is -2.29. The molecule has 37 heavy (non-hydrogen) atoms. The van der Waals surface area contributed by atoms with Crippen LogP contribution in [-0.2, 0) is 9.59 Å². The molecule has 0 aromatic heterocycles. The van der Waals surface area contributed by atoms with E-state index in [1.54, 1.807) is 24.3 Å². The second-order valence-electron chi connectivity index (χ2n) is 9.70. The number of carbonyl (C=O) groups is 2. The van der Waals surface area contributed by atoms with Gasteiger partial charge in [-0.1, -0.05) is 38.1 Å². The lowest BCUT2D eigenvalue weighted by molar-refractivity contribution is -0.132. The van der Waals surface area contributed by atoms with Gasteiger partial charge >= 0.3 is 0 Å². The summed E-state index contributed by atoms with van der Waals surface area (Å²) in [5, 5.41) is 11.5. The van der Waals surface area contributed by atoms with E-state index in [1.165, 1.54) is 4.90 Å². The zero-order valence-electron chi connectivity index (χ0n) is 21.9. The Balaban J connectivity index is 1.89. The lowest BCUT2D eigenvalue weighted by Gasteiger charge is -2.26. The Kier molecular flexibility index (Phi) is 7.67. The van der Waals surface area contributed by atoms with E-state index < -0.39 is 17.7 Å². The molecule has 0 spiro atoms. The third-order valence-corrected chi connectivity index (χ3v) is 6.23. The smallest absolute Gasteiger partial charge is 0.300 e. The number of Topliss-reactive ketones (excluding diaryl/α,β-unsaturated/α-hetero) is 1. The van der Waals surface area contributed by atoms with Crippen LogP contribution < -0.4 is 14.4 Å². The number of benzene rings is 3. The number of aliphatic hydroxyl groups is 1. The number of aryl methyl sites for hydroxylation is 2. The highest BCUT2D eigenvalue weighted by molar-refractivity contribution is 6.51. The topological polar surface area (TPSA) is 76.1 Å². The van der Waals surface area contributed by atoms with Gasteiger partial charge in [-0.25, -0.2) is 0 Å². The molecule has 6 nitrogen and oxygen atoms in total. The lowest BCUT2D eigenvalue weighted by atomic mass is 9.94. The molecule has 3 aromatic carbocycles. The summed E-state index contributed by atoms with van der Waals surface area (Å²) in [7, 11) is 0. The van der Waals surface area contributed by atoms with Crippen LogP contribution in [0.5, 0.6) is 11.5 Å². The first kappa shape index (κ1) is 26.0. The van der Waals surface area contributed by atoms with Gasteiger partial charge in [0.15, 0.2) is 0 Å². The van der Waals surface area contributed by atoms with Gasteiger partial charge in [-0.15, -0.1) is 0 Å². The van der Waals surface area contributed by atoms with E-state index in [1.807, 2.05) is 63.2 Å². The van der Waals surface area contributed by atoms with Crippen LogP contribution >= 0.6 is 0 Å². The van der Waals surface area contributed by atoms with Crippen molar-refractivity contribution in [1.82, 2.24) is 0 Å². The van der Waals surface area contributed by atoms with Gasteiger partial charge in [0, 0.05) is 11.3 Å². The molecule has 1 saturated heterocycles. The number of carbonyl (C=O) groups excluding carboxylic acids is 2. The van der Waals surface area contributed by atoms with Crippen LogP contribution in [0.15, 0.2) is 72.3 Å². The molecule has 1 N–H and O–H groups in total. The number of ether oxygens (including phenoxy) is 2. The van der Waals surface area contributed by atoms with E-state index in [0.717, 1.165) is 11.1 Å². The highest BCUT2D eigenvalue weighted by Crippen LogP contribution is 2.43. The number of hydrogen-bond donors (Lipinski definition) is 1. The summed E-state index contributed by atoms with van der Waals surface area (Å²) in [6.07, 6.45) is 0. The average Bonchev–Trinajstić information content (AvgIpc) is 3.14. The molecule has 0 saturated carbocycles. The molecule has 4 rings (SSSR count). The summed E-state index contributed by atoms with van der Waals surface area (Å²) in [5.41, 5.74) is 3.51. The number of anilines is 1. The molecular formula is C31H33NO5. The number of rotatable bonds is 8. The van der Waals surface area contributed by atoms with Crippen LogP contribution in [0.3, 0.4) is 0 Å². The van der Waals surface area contributed by atoms with Crippen molar-refractivity contribution in [3.63, 3.8) is 0 Å². The fourth-order valence-corrected chi connectivity index (χ4v) is 4.50. The zero-order valence-corrected chi connectivity index (χ0v) is 21.9. The molecule has 0 aliphatic carbocycles. The maximum atomic E-state index is 13.5. The monoisotopic (exact) mass is 499 g/mol. The molecule has 1 aliphatic rings. The van der Waals surface area contributed by atoms with E-state index in [2.05, 4.69) is 13.8 Å². The highest BCUT2D eigenvalue weighted by atomic mass is 16.5. The first-order chi connectivity index (χ1) is 17.7. The second-order valence-corrected chi connectivity index (χ2v) is 9.70. The number of ketones is 1. The Morgan fingerprint density at radius 1 is 0.973 bits per heavy atom. The zero-order chi connectivity index (χ0) is 26.7. The van der Waals surface area contributed by atoms with Crippen LogP contribution in [0.2, 0.25) is 0 Å². The molecule has 1 amide bonds. The molecule has 0 bridgehead atoms. The van der Waals surface area contributed by atoms with Crippen molar-refractivity contribution in [2.45, 2.75) is 40.7 Å². The van der Waals surface area contributed by atoms with Crippen LogP contribution in [0.4, 0.5) is 5.69 Å². The fourth-order valence-electron chi connectivity index (χ4n) is 4.50. The van der Waals surface area contributed by atoms with Crippen molar-refractivity contribution in [2.24, 2.45) is 5.92 Å². The maximum absolute atomic E-state index is 13.5. The minimum atomic E-state index is -0.823. The Hall–Kier alpha value is -4.06. The van der Waals surface area contributed by atoms with Crippen LogP contribution in [0.1, 0.15) is 49.1 Å². The van der Waals surface area contributed by atoms with Crippen molar-refractivity contribution in [3.8, 4) is 11.5 Å². The standard InChI is InChI=1S/C31H33NO5/c1-6-36-26-14-13-23(16-21(26)5)29(33)27-28(22-10-8-12-25(17-22)37-18-19(2)3)32(31(35)30(27)34)24-11-7-9-20(4)15-24/h7-17,19,28,33H,6,18H2,1-5H3/b29-27+. The van der Waals surface area contributed by atoms with Gasteiger partial charge in [0.1, 0.15) is 17.3 Å². The SMILES string of the molecule is CCOc1ccc(/C(O)=C2\C(=O)C(=O)N(c3cccc(C)c3)C2c2cccc(OCC(C)C)c2)cc1C. The Morgan fingerprint density at radius 2 is 1.73 bits per heavy atom. The van der Waals surface area contributed by atoms with Gasteiger partial charge in [0.05, 0.1) is 24.8 Å². The normalized spacial score (nSPS) is 16.9. The minimum Gasteiger partial charge on any atom is -0.507 e. The van der Waals surface area contributed by atoms with Gasteiger partial charge in [-0.2, -0.15) is 0 Å². The second kappa shape index (κ2) is 10.9. The molecule has 1 unspecified atom stereocenters. The summed E-state index contributed by atoms with van der Waals surface area (Å²) in [6, 6.07) is 19.2.